The zero-order valence-corrected chi connectivity index (χ0v) is 25.5. The largest absolute Gasteiger partial charge is 0.490 e. The van der Waals surface area contributed by atoms with Crippen molar-refractivity contribution in [2.45, 2.75) is 110 Å². The zero-order valence-electron chi connectivity index (χ0n) is 25.5. The third-order valence-corrected chi connectivity index (χ3v) is 8.81. The van der Waals surface area contributed by atoms with Crippen molar-refractivity contribution in [3.05, 3.63) is 48.0 Å². The molecule has 2 saturated heterocycles. The van der Waals surface area contributed by atoms with E-state index in [1.54, 1.807) is 11.1 Å². The fourth-order valence-electron chi connectivity index (χ4n) is 5.70. The van der Waals surface area contributed by atoms with Gasteiger partial charge in [0.25, 0.3) is 0 Å². The molecule has 2 aliphatic heterocycles. The van der Waals surface area contributed by atoms with Gasteiger partial charge in [0.05, 0.1) is 18.4 Å². The fraction of sp³-hybridized carbons (Fsp3) is 0.676. The van der Waals surface area contributed by atoms with Crippen LogP contribution in [0.4, 0.5) is 4.79 Å². The van der Waals surface area contributed by atoms with E-state index in [1.165, 1.54) is 43.2 Å². The van der Waals surface area contributed by atoms with Crippen molar-refractivity contribution in [3.63, 3.8) is 0 Å². The molecule has 2 saturated carbocycles. The van der Waals surface area contributed by atoms with E-state index in [9.17, 15) is 4.79 Å². The van der Waals surface area contributed by atoms with Crippen LogP contribution in [0.15, 0.2) is 36.9 Å². The van der Waals surface area contributed by atoms with E-state index in [1.807, 2.05) is 39.4 Å². The van der Waals surface area contributed by atoms with Gasteiger partial charge in [-0.3, -0.25) is 9.97 Å². The van der Waals surface area contributed by atoms with Crippen LogP contribution in [0.2, 0.25) is 0 Å². The molecule has 2 aromatic heterocycles. The second-order valence-electron chi connectivity index (χ2n) is 13.1. The quantitative estimate of drug-likeness (QED) is 0.325. The molecule has 1 amide bonds. The highest BCUT2D eigenvalue weighted by atomic mass is 16.6. The molecule has 8 nitrogen and oxygen atoms in total. The first-order chi connectivity index (χ1) is 19.7. The normalized spacial score (nSPS) is 27.2. The lowest BCUT2D eigenvalue weighted by Crippen LogP contribution is -2.55. The third-order valence-electron chi connectivity index (χ3n) is 8.81. The molecular formula is C34H52N4O4. The summed E-state index contributed by atoms with van der Waals surface area (Å²) in [7, 11) is 0. The number of hydrogen-bond donors (Lipinski definition) is 1. The summed E-state index contributed by atoms with van der Waals surface area (Å²) < 4.78 is 17.1. The molecule has 0 aromatic carbocycles. The van der Waals surface area contributed by atoms with Crippen molar-refractivity contribution in [2.24, 2.45) is 11.8 Å². The molecule has 0 spiro atoms. The summed E-state index contributed by atoms with van der Waals surface area (Å²) in [5.41, 5.74) is 2.17. The number of likely N-dealkylation sites (tertiary alicyclic amines) is 1. The molecule has 6 rings (SSSR count). The lowest BCUT2D eigenvalue weighted by molar-refractivity contribution is -0.0141. The minimum Gasteiger partial charge on any atom is -0.490 e. The average molecular weight is 581 g/mol. The topological polar surface area (TPSA) is 85.8 Å². The smallest absolute Gasteiger partial charge is 0.410 e. The summed E-state index contributed by atoms with van der Waals surface area (Å²) in [4.78, 5) is 22.5. The van der Waals surface area contributed by atoms with Crippen LogP contribution >= 0.6 is 0 Å². The molecule has 4 heterocycles. The lowest BCUT2D eigenvalue weighted by Gasteiger charge is -2.40. The van der Waals surface area contributed by atoms with Gasteiger partial charge >= 0.3 is 6.09 Å². The van der Waals surface area contributed by atoms with Crippen LogP contribution in [-0.4, -0.2) is 64.9 Å². The molecular weight excluding hydrogens is 528 g/mol. The Morgan fingerprint density at radius 3 is 1.86 bits per heavy atom. The van der Waals surface area contributed by atoms with Crippen molar-refractivity contribution in [2.75, 3.05) is 26.3 Å². The van der Waals surface area contributed by atoms with Gasteiger partial charge in [0.15, 0.2) is 0 Å². The van der Waals surface area contributed by atoms with Crippen molar-refractivity contribution < 1.29 is 19.0 Å². The Labute approximate surface area is 252 Å². The summed E-state index contributed by atoms with van der Waals surface area (Å²) >= 11 is 0. The maximum Gasteiger partial charge on any atom is 0.410 e. The first kappa shape index (κ1) is 32.1. The van der Waals surface area contributed by atoms with Crippen LogP contribution < -0.4 is 14.8 Å². The van der Waals surface area contributed by atoms with Crippen LogP contribution in [0.1, 0.15) is 104 Å². The van der Waals surface area contributed by atoms with E-state index < -0.39 is 5.60 Å². The summed E-state index contributed by atoms with van der Waals surface area (Å²) in [5.74, 6) is 4.78. The molecule has 2 aromatic rings. The van der Waals surface area contributed by atoms with Crippen molar-refractivity contribution in [1.82, 2.24) is 20.2 Å². The zero-order chi connectivity index (χ0) is 29.0. The van der Waals surface area contributed by atoms with Crippen LogP contribution in [0.5, 0.6) is 11.5 Å². The molecule has 1 N–H and O–H groups in total. The van der Waals surface area contributed by atoms with Crippen LogP contribution in [0.25, 0.3) is 0 Å². The first-order valence-corrected chi connectivity index (χ1v) is 15.6. The summed E-state index contributed by atoms with van der Waals surface area (Å²) in [6.45, 7) is 13.3. The maximum absolute atomic E-state index is 12.1. The van der Waals surface area contributed by atoms with Gasteiger partial charge in [0, 0.05) is 25.0 Å². The number of hydrogen-bond acceptors (Lipinski definition) is 7. The Hall–Kier alpha value is -2.87. The van der Waals surface area contributed by atoms with Crippen molar-refractivity contribution in [1.29, 1.82) is 0 Å². The number of amides is 1. The Morgan fingerprint density at radius 1 is 0.905 bits per heavy atom. The minimum atomic E-state index is -0.462. The van der Waals surface area contributed by atoms with Gasteiger partial charge in [-0.1, -0.05) is 34.1 Å². The number of rotatable bonds is 10. The number of aromatic nitrogens is 2. The number of nitrogens with one attached hydrogen (secondary N) is 1. The number of pyridine rings is 2. The van der Waals surface area contributed by atoms with Crippen LogP contribution in [0.3, 0.4) is 0 Å². The van der Waals surface area contributed by atoms with Gasteiger partial charge in [-0.15, -0.1) is 0 Å². The molecule has 4 fully saturated rings. The Balaban J connectivity index is 0.000000198. The van der Waals surface area contributed by atoms with Gasteiger partial charge in [0.2, 0.25) is 0 Å². The highest BCUT2D eigenvalue weighted by Gasteiger charge is 2.38. The number of carbonyl (C=O) groups is 1. The SMILES string of the molecule is C.CC[C@@H]1CC1c1cncc(OC[C@@H]2CCN2)c1.CC[C@@H]1CC1c1cncc(OC[C@@H]2CCN2C(=O)OC(C)(C)C)c1. The number of ether oxygens (including phenoxy) is 3. The van der Waals surface area contributed by atoms with Crippen LogP contribution in [-0.2, 0) is 4.74 Å². The molecule has 4 aliphatic rings. The molecule has 42 heavy (non-hydrogen) atoms. The van der Waals surface area contributed by atoms with Gasteiger partial charge < -0.3 is 24.4 Å². The second kappa shape index (κ2) is 14.1. The maximum atomic E-state index is 12.1. The Bertz CT molecular complexity index is 1160. The van der Waals surface area contributed by atoms with E-state index in [0.29, 0.717) is 18.6 Å². The van der Waals surface area contributed by atoms with Gasteiger partial charge in [0.1, 0.15) is 30.3 Å². The highest BCUT2D eigenvalue weighted by Crippen LogP contribution is 2.50. The van der Waals surface area contributed by atoms with Crippen LogP contribution in [0, 0.1) is 11.8 Å². The molecule has 232 valence electrons. The molecule has 2 aliphatic carbocycles. The monoisotopic (exact) mass is 580 g/mol. The van der Waals surface area contributed by atoms with E-state index >= 15 is 0 Å². The second-order valence-corrected chi connectivity index (χ2v) is 13.1. The lowest BCUT2D eigenvalue weighted by atomic mass is 10.1. The van der Waals surface area contributed by atoms with E-state index in [-0.39, 0.29) is 19.6 Å². The fourth-order valence-corrected chi connectivity index (χ4v) is 5.70. The summed E-state index contributed by atoms with van der Waals surface area (Å²) in [5, 5.41) is 3.34. The van der Waals surface area contributed by atoms with E-state index in [2.05, 4.69) is 41.3 Å². The van der Waals surface area contributed by atoms with E-state index in [4.69, 9.17) is 14.2 Å². The molecule has 0 radical (unpaired) electrons. The summed E-state index contributed by atoms with van der Waals surface area (Å²) in [6, 6.07) is 4.91. The van der Waals surface area contributed by atoms with Gasteiger partial charge in [-0.25, -0.2) is 4.79 Å². The summed E-state index contributed by atoms with van der Waals surface area (Å²) in [6.07, 6.45) is 14.5. The molecule has 6 atom stereocenters. The minimum absolute atomic E-state index is 0. The van der Waals surface area contributed by atoms with Gasteiger partial charge in [-0.05, 0) is 99.9 Å². The number of nitrogens with zero attached hydrogens (tertiary/aromatic N) is 3. The highest BCUT2D eigenvalue weighted by molar-refractivity contribution is 5.69. The predicted molar refractivity (Wildman–Crippen MR) is 166 cm³/mol. The number of carbonyl (C=O) groups excluding carboxylic acids is 1. The Morgan fingerprint density at radius 2 is 1.45 bits per heavy atom. The third kappa shape index (κ3) is 8.59. The standard InChI is InChI=1S/C19H28N2O3.C14H20N2O.CH4/c1-5-13-9-17(13)14-8-16(11-20-10-14)23-12-15-6-7-21(15)18(22)24-19(2,3)4;1-2-10-6-14(10)11-5-13(8-15-7-11)17-9-12-3-4-16-12;/h8,10-11,13,15,17H,5-7,9,12H2,1-4H3;5,7-8,10,12,14,16H,2-4,6,9H2,1H3;1H4/t13-,15+,17?;10-,12+,14?;/m11./s1. The van der Waals surface area contributed by atoms with Crippen molar-refractivity contribution in [3.8, 4) is 11.5 Å². The predicted octanol–water partition coefficient (Wildman–Crippen LogP) is 6.96. The van der Waals surface area contributed by atoms with E-state index in [0.717, 1.165) is 55.4 Å². The average Bonchev–Trinajstić information content (AvgIpc) is 3.81. The molecule has 8 heteroatoms. The Kier molecular flexibility index (Phi) is 10.7. The van der Waals surface area contributed by atoms with Crippen molar-refractivity contribution >= 4 is 6.09 Å². The van der Waals surface area contributed by atoms with Gasteiger partial charge in [-0.2, -0.15) is 0 Å². The molecule has 2 unspecified atom stereocenters. The first-order valence-electron chi connectivity index (χ1n) is 15.6. The molecule has 0 bridgehead atoms.